The summed E-state index contributed by atoms with van der Waals surface area (Å²) in [6.07, 6.45) is 6.51. The van der Waals surface area contributed by atoms with Gasteiger partial charge in [0, 0.05) is 28.8 Å². The molecule has 4 rings (SSSR count). The summed E-state index contributed by atoms with van der Waals surface area (Å²) in [5.41, 5.74) is 6.04. The molecule has 33 heavy (non-hydrogen) atoms. The van der Waals surface area contributed by atoms with Crippen LogP contribution in [0.15, 0.2) is 34.3 Å². The number of hydrogen-bond acceptors (Lipinski definition) is 6. The summed E-state index contributed by atoms with van der Waals surface area (Å²) in [5, 5.41) is 3.53. The molecule has 1 amide bonds. The summed E-state index contributed by atoms with van der Waals surface area (Å²) in [6, 6.07) is 6.67. The summed E-state index contributed by atoms with van der Waals surface area (Å²) in [7, 11) is 0. The Balaban J connectivity index is 1.35. The van der Waals surface area contributed by atoms with E-state index in [0.717, 1.165) is 31.2 Å². The number of carbonyl (C=O) groups is 2. The molecular weight excluding hydrogens is 440 g/mol. The number of aliphatic imine (C=N–C) groups is 2. The first-order valence-corrected chi connectivity index (χ1v) is 12.2. The van der Waals surface area contributed by atoms with E-state index in [1.807, 2.05) is 24.4 Å². The number of nitrogens with two attached hydrogens (primary N) is 1. The molecule has 1 fully saturated rings. The number of Topliss-reactive ketones (excluding diaryl/α,β-unsaturated/α-hetero) is 1. The van der Waals surface area contributed by atoms with Gasteiger partial charge in [-0.3, -0.25) is 14.6 Å². The van der Waals surface area contributed by atoms with Crippen molar-refractivity contribution in [1.29, 1.82) is 0 Å². The first kappa shape index (κ1) is 23.9. The van der Waals surface area contributed by atoms with Crippen LogP contribution >= 0.6 is 11.6 Å². The fraction of sp³-hybridized carbons (Fsp3) is 0.600. The molecule has 7 nitrogen and oxygen atoms in total. The number of amides is 1. The van der Waals surface area contributed by atoms with Crippen LogP contribution in [-0.4, -0.2) is 48.5 Å². The Kier molecular flexibility index (Phi) is 6.91. The van der Waals surface area contributed by atoms with Crippen LogP contribution in [0, 0.1) is 5.41 Å². The fourth-order valence-corrected chi connectivity index (χ4v) is 5.28. The van der Waals surface area contributed by atoms with E-state index in [4.69, 9.17) is 27.1 Å². The summed E-state index contributed by atoms with van der Waals surface area (Å²) in [4.78, 5) is 34.7. The molecule has 178 valence electrons. The second-order valence-electron chi connectivity index (χ2n) is 9.97. The summed E-state index contributed by atoms with van der Waals surface area (Å²) in [5.74, 6) is 0.384. The van der Waals surface area contributed by atoms with E-state index in [1.54, 1.807) is 6.07 Å². The van der Waals surface area contributed by atoms with Gasteiger partial charge in [-0.2, -0.15) is 0 Å². The molecule has 1 saturated carbocycles. The average molecular weight is 473 g/mol. The van der Waals surface area contributed by atoms with Gasteiger partial charge in [-0.1, -0.05) is 43.6 Å². The molecule has 0 spiro atoms. The number of unbranched alkanes of at least 4 members (excludes halogenated alkanes) is 1. The molecule has 3 N–H and O–H groups in total. The quantitative estimate of drug-likeness (QED) is 0.564. The van der Waals surface area contributed by atoms with Gasteiger partial charge >= 0.3 is 0 Å². The smallest absolute Gasteiger partial charge is 0.245 e. The van der Waals surface area contributed by atoms with Crippen LogP contribution in [-0.2, 0) is 19.9 Å². The van der Waals surface area contributed by atoms with Crippen LogP contribution in [0.2, 0.25) is 5.02 Å². The van der Waals surface area contributed by atoms with Crippen molar-refractivity contribution in [2.75, 3.05) is 6.54 Å². The second-order valence-corrected chi connectivity index (χ2v) is 10.4. The van der Waals surface area contributed by atoms with Gasteiger partial charge in [-0.05, 0) is 51.0 Å². The highest BCUT2D eigenvalue weighted by molar-refractivity contribution is 6.32. The minimum Gasteiger partial charge on any atom is -0.468 e. The maximum Gasteiger partial charge on any atom is 0.245 e. The van der Waals surface area contributed by atoms with Crippen LogP contribution in [0.3, 0.4) is 0 Å². The number of carbonyl (C=O) groups excluding carboxylic acids is 2. The van der Waals surface area contributed by atoms with Gasteiger partial charge in [0.05, 0.1) is 6.04 Å². The number of nitrogens with zero attached hydrogens (tertiary/aromatic N) is 2. The maximum absolute atomic E-state index is 13.2. The molecule has 0 aromatic heterocycles. The Labute approximate surface area is 200 Å². The molecule has 1 aliphatic carbocycles. The zero-order valence-corrected chi connectivity index (χ0v) is 20.1. The van der Waals surface area contributed by atoms with Crippen LogP contribution in [0.25, 0.3) is 0 Å². The lowest BCUT2D eigenvalue weighted by molar-refractivity contribution is -0.137. The summed E-state index contributed by atoms with van der Waals surface area (Å²) >= 11 is 6.46. The third-order valence-electron chi connectivity index (χ3n) is 7.01. The average Bonchev–Trinajstić information content (AvgIpc) is 3.13. The van der Waals surface area contributed by atoms with Crippen LogP contribution in [0.4, 0.5) is 0 Å². The third kappa shape index (κ3) is 4.71. The van der Waals surface area contributed by atoms with Crippen molar-refractivity contribution in [3.63, 3.8) is 0 Å². The Morgan fingerprint density at radius 2 is 2.12 bits per heavy atom. The molecule has 2 aliphatic heterocycles. The molecule has 0 radical (unpaired) electrons. The maximum atomic E-state index is 13.2. The summed E-state index contributed by atoms with van der Waals surface area (Å²) in [6.45, 7) is 4.69. The molecule has 3 aliphatic rings. The van der Waals surface area contributed by atoms with Gasteiger partial charge in [0.2, 0.25) is 17.6 Å². The van der Waals surface area contributed by atoms with Crippen molar-refractivity contribution in [2.24, 2.45) is 21.1 Å². The highest BCUT2D eigenvalue weighted by Gasteiger charge is 2.52. The number of hydrogen-bond donors (Lipinski definition) is 2. The second kappa shape index (κ2) is 9.55. The lowest BCUT2D eigenvalue weighted by atomic mass is 9.73. The van der Waals surface area contributed by atoms with Crippen LogP contribution < -0.4 is 11.1 Å². The van der Waals surface area contributed by atoms with Crippen molar-refractivity contribution < 1.29 is 14.3 Å². The highest BCUT2D eigenvalue weighted by Crippen LogP contribution is 2.44. The number of halogens is 1. The lowest BCUT2D eigenvalue weighted by Crippen LogP contribution is -2.54. The van der Waals surface area contributed by atoms with E-state index in [9.17, 15) is 9.59 Å². The minimum atomic E-state index is -1.00. The molecular formula is C25H33ClN4O3. The van der Waals surface area contributed by atoms with Gasteiger partial charge in [-0.15, -0.1) is 0 Å². The number of fused-ring (bicyclic) bond motifs is 2. The number of nitrogens with one attached hydrogen (secondary N) is 1. The zero-order chi connectivity index (χ0) is 23.6. The van der Waals surface area contributed by atoms with E-state index in [0.29, 0.717) is 36.7 Å². The number of benzene rings is 1. The lowest BCUT2D eigenvalue weighted by Gasteiger charge is -2.42. The predicted octanol–water partition coefficient (Wildman–Crippen LogP) is 3.57. The molecule has 1 aromatic rings. The number of ether oxygens (including phenoxy) is 1. The third-order valence-corrected chi connectivity index (χ3v) is 7.34. The van der Waals surface area contributed by atoms with Crippen molar-refractivity contribution >= 4 is 35.4 Å². The molecule has 1 aromatic carbocycles. The van der Waals surface area contributed by atoms with Crippen molar-refractivity contribution in [2.45, 2.75) is 82.5 Å². The normalized spacial score (nSPS) is 28.7. The molecule has 4 atom stereocenters. The van der Waals surface area contributed by atoms with E-state index in [1.165, 1.54) is 0 Å². The van der Waals surface area contributed by atoms with E-state index < -0.39 is 17.7 Å². The zero-order valence-electron chi connectivity index (χ0n) is 19.4. The van der Waals surface area contributed by atoms with E-state index >= 15 is 0 Å². The van der Waals surface area contributed by atoms with Gasteiger partial charge in [0.1, 0.15) is 6.04 Å². The Bertz CT molecular complexity index is 976. The largest absolute Gasteiger partial charge is 0.468 e. The Morgan fingerprint density at radius 1 is 1.33 bits per heavy atom. The SMILES string of the molecule is CC1(C)CC=NC1C(=O)NCCCCC(N)C1=N[C@@]2(c3ccccc3Cl)CCC[C@@H](O1)C2=O. The highest BCUT2D eigenvalue weighted by atomic mass is 35.5. The number of ketones is 1. The Hall–Kier alpha value is -2.25. The molecule has 2 unspecified atom stereocenters. The van der Waals surface area contributed by atoms with Crippen LogP contribution in [0.5, 0.6) is 0 Å². The first-order valence-electron chi connectivity index (χ1n) is 11.9. The van der Waals surface area contributed by atoms with Crippen molar-refractivity contribution in [3.8, 4) is 0 Å². The standard InChI is InChI=1S/C25H33ClN4O3/c1-24(2)13-15-28-20(24)22(32)29-14-6-5-10-18(27)23-30-25(16-8-3-4-9-17(16)26)12-7-11-19(33-23)21(25)31/h3-4,8-9,15,18-20H,5-7,10-14,27H2,1-2H3,(H,29,32)/t18?,19-,20?,25-/m1/s1. The number of rotatable bonds is 8. The van der Waals surface area contributed by atoms with E-state index in [2.05, 4.69) is 24.2 Å². The molecule has 8 heteroatoms. The monoisotopic (exact) mass is 472 g/mol. The van der Waals surface area contributed by atoms with Crippen molar-refractivity contribution in [1.82, 2.24) is 5.32 Å². The van der Waals surface area contributed by atoms with Crippen molar-refractivity contribution in [3.05, 3.63) is 34.9 Å². The molecule has 2 bridgehead atoms. The fourth-order valence-electron chi connectivity index (χ4n) is 4.99. The topological polar surface area (TPSA) is 106 Å². The van der Waals surface area contributed by atoms with Gasteiger partial charge in [0.25, 0.3) is 0 Å². The summed E-state index contributed by atoms with van der Waals surface area (Å²) < 4.78 is 5.95. The van der Waals surface area contributed by atoms with Gasteiger partial charge in [-0.25, -0.2) is 4.99 Å². The Morgan fingerprint density at radius 3 is 2.85 bits per heavy atom. The molecule has 0 saturated heterocycles. The van der Waals surface area contributed by atoms with Gasteiger partial charge < -0.3 is 15.8 Å². The first-order chi connectivity index (χ1) is 15.7. The van der Waals surface area contributed by atoms with Crippen LogP contribution in [0.1, 0.15) is 64.4 Å². The van der Waals surface area contributed by atoms with E-state index in [-0.39, 0.29) is 23.1 Å². The van der Waals surface area contributed by atoms with Gasteiger partial charge in [0.15, 0.2) is 11.6 Å². The molecule has 2 heterocycles. The minimum absolute atomic E-state index is 0.0222. The predicted molar refractivity (Wildman–Crippen MR) is 130 cm³/mol.